The Labute approximate surface area is 221 Å². The van der Waals surface area contributed by atoms with Crippen LogP contribution in [0, 0.1) is 61.6 Å². The third-order valence-corrected chi connectivity index (χ3v) is 12.5. The highest BCUT2D eigenvalue weighted by Gasteiger charge is 2.69. The summed E-state index contributed by atoms with van der Waals surface area (Å²) in [6.07, 6.45) is 10.1. The van der Waals surface area contributed by atoms with Crippen LogP contribution in [0.2, 0.25) is 0 Å². The number of hydrogen-bond donors (Lipinski definition) is 1. The maximum absolute atomic E-state index is 14.3. The molecule has 5 aliphatic carbocycles. The maximum Gasteiger partial charge on any atom is 0.303 e. The molecule has 0 heterocycles. The molecule has 0 bridgehead atoms. The SMILES string of the molecule is CC1(C)CCC2(CC(=O)O)CCC3(C)C(C(=O)C=C4C5(C)C=C(C#N)C(=O)C(C)(C)C5CCC43C)C2C1. The van der Waals surface area contributed by atoms with Gasteiger partial charge in [-0.1, -0.05) is 60.1 Å². The van der Waals surface area contributed by atoms with Crippen LogP contribution in [-0.4, -0.2) is 22.6 Å². The zero-order chi connectivity index (χ0) is 27.4. The number of carboxylic acid groups (broad SMARTS) is 1. The van der Waals surface area contributed by atoms with Gasteiger partial charge in [0, 0.05) is 16.7 Å². The minimum atomic E-state index is -0.754. The molecule has 3 saturated carbocycles. The highest BCUT2D eigenvalue weighted by atomic mass is 16.4. The Morgan fingerprint density at radius 2 is 1.68 bits per heavy atom. The summed E-state index contributed by atoms with van der Waals surface area (Å²) < 4.78 is 0. The second kappa shape index (κ2) is 7.67. The van der Waals surface area contributed by atoms with Gasteiger partial charge in [-0.3, -0.25) is 14.4 Å². The molecule has 1 N–H and O–H groups in total. The zero-order valence-electron chi connectivity index (χ0n) is 23.7. The number of nitriles is 1. The molecule has 0 amide bonds. The van der Waals surface area contributed by atoms with Gasteiger partial charge in [0.1, 0.15) is 6.07 Å². The largest absolute Gasteiger partial charge is 0.481 e. The standard InChI is InChI=1S/C32H43NO4/c1-27(2)10-12-32(17-24(35)36)13-11-31(7)25(20(32)16-27)21(34)14-23-29(5)15-19(18-33)26(37)28(3,4)22(29)8-9-30(23,31)6/h14-15,20,22,25H,8-13,16-17H2,1-7H3,(H,35,36). The van der Waals surface area contributed by atoms with Gasteiger partial charge in [0.05, 0.1) is 12.0 Å². The van der Waals surface area contributed by atoms with E-state index in [0.717, 1.165) is 50.5 Å². The average molecular weight is 506 g/mol. The average Bonchev–Trinajstić information content (AvgIpc) is 2.78. The summed E-state index contributed by atoms with van der Waals surface area (Å²) in [5.74, 6) is -0.834. The van der Waals surface area contributed by atoms with E-state index in [0.29, 0.717) is 0 Å². The van der Waals surface area contributed by atoms with Crippen LogP contribution in [-0.2, 0) is 14.4 Å². The van der Waals surface area contributed by atoms with Crippen molar-refractivity contribution in [2.45, 2.75) is 99.8 Å². The Bertz CT molecular complexity index is 1200. The first-order valence-electron chi connectivity index (χ1n) is 14.1. The van der Waals surface area contributed by atoms with E-state index in [4.69, 9.17) is 0 Å². The van der Waals surface area contributed by atoms with E-state index in [1.54, 1.807) is 0 Å². The van der Waals surface area contributed by atoms with Crippen molar-refractivity contribution in [3.8, 4) is 6.07 Å². The van der Waals surface area contributed by atoms with Crippen LogP contribution in [0.1, 0.15) is 99.8 Å². The summed E-state index contributed by atoms with van der Waals surface area (Å²) in [6.45, 7) is 15.2. The molecule has 5 rings (SSSR count). The molecule has 200 valence electrons. The highest BCUT2D eigenvalue weighted by Crippen LogP contribution is 2.74. The zero-order valence-corrected chi connectivity index (χ0v) is 23.7. The van der Waals surface area contributed by atoms with Gasteiger partial charge in [0.25, 0.3) is 0 Å². The van der Waals surface area contributed by atoms with Crippen molar-refractivity contribution < 1.29 is 19.5 Å². The highest BCUT2D eigenvalue weighted by molar-refractivity contribution is 6.04. The van der Waals surface area contributed by atoms with E-state index in [-0.39, 0.29) is 63.0 Å². The Morgan fingerprint density at radius 3 is 2.30 bits per heavy atom. The normalized spacial score (nSPS) is 45.7. The molecule has 0 aromatic rings. The Hall–Kier alpha value is -2.22. The fraction of sp³-hybridized carbons (Fsp3) is 0.750. The number of ketones is 2. The quantitative estimate of drug-likeness (QED) is 0.451. The third-order valence-electron chi connectivity index (χ3n) is 12.5. The van der Waals surface area contributed by atoms with E-state index < -0.39 is 16.8 Å². The van der Waals surface area contributed by atoms with Crippen molar-refractivity contribution in [2.24, 2.45) is 50.2 Å². The van der Waals surface area contributed by atoms with Crippen LogP contribution >= 0.6 is 0 Å². The number of fused-ring (bicyclic) bond motifs is 7. The second-order valence-corrected chi connectivity index (χ2v) is 15.2. The molecule has 5 aliphatic rings. The summed E-state index contributed by atoms with van der Waals surface area (Å²) in [6, 6.07) is 2.17. The number of carbonyl (C=O) groups is 3. The van der Waals surface area contributed by atoms with Crippen LogP contribution in [0.25, 0.3) is 0 Å². The van der Waals surface area contributed by atoms with E-state index in [1.807, 2.05) is 26.0 Å². The number of aliphatic carboxylic acids is 1. The molecule has 7 atom stereocenters. The van der Waals surface area contributed by atoms with E-state index in [9.17, 15) is 24.8 Å². The van der Waals surface area contributed by atoms with Crippen LogP contribution in [0.4, 0.5) is 0 Å². The monoisotopic (exact) mass is 505 g/mol. The van der Waals surface area contributed by atoms with Gasteiger partial charge in [-0.25, -0.2) is 0 Å². The molecule has 5 heteroatoms. The first-order valence-corrected chi connectivity index (χ1v) is 14.1. The lowest BCUT2D eigenvalue weighted by atomic mass is 9.34. The molecule has 0 radical (unpaired) electrons. The topological polar surface area (TPSA) is 95.2 Å². The molecule has 3 fully saturated rings. The molecule has 0 aliphatic heterocycles. The summed E-state index contributed by atoms with van der Waals surface area (Å²) >= 11 is 0. The summed E-state index contributed by atoms with van der Waals surface area (Å²) in [5, 5.41) is 19.8. The summed E-state index contributed by atoms with van der Waals surface area (Å²) in [4.78, 5) is 39.6. The molecule has 0 aromatic heterocycles. The maximum atomic E-state index is 14.3. The first kappa shape index (κ1) is 26.4. The number of nitrogens with zero attached hydrogens (tertiary/aromatic N) is 1. The number of rotatable bonds is 2. The van der Waals surface area contributed by atoms with Gasteiger partial charge in [0.2, 0.25) is 0 Å². The fourth-order valence-electron chi connectivity index (χ4n) is 10.3. The third kappa shape index (κ3) is 3.29. The van der Waals surface area contributed by atoms with Crippen molar-refractivity contribution in [1.82, 2.24) is 0 Å². The summed E-state index contributed by atoms with van der Waals surface area (Å²) in [5.41, 5.74) is -0.708. The smallest absolute Gasteiger partial charge is 0.303 e. The number of allylic oxidation sites excluding steroid dienone is 4. The van der Waals surface area contributed by atoms with Crippen molar-refractivity contribution in [1.29, 1.82) is 5.26 Å². The minimum Gasteiger partial charge on any atom is -0.481 e. The number of carboxylic acids is 1. The second-order valence-electron chi connectivity index (χ2n) is 15.2. The van der Waals surface area contributed by atoms with Crippen molar-refractivity contribution in [3.05, 3.63) is 23.3 Å². The molecule has 0 spiro atoms. The Balaban J connectivity index is 1.69. The Morgan fingerprint density at radius 1 is 1.03 bits per heavy atom. The van der Waals surface area contributed by atoms with Crippen molar-refractivity contribution >= 4 is 17.5 Å². The van der Waals surface area contributed by atoms with Gasteiger partial charge in [-0.15, -0.1) is 0 Å². The van der Waals surface area contributed by atoms with Gasteiger partial charge >= 0.3 is 5.97 Å². The molecule has 5 nitrogen and oxygen atoms in total. The number of carbonyl (C=O) groups excluding carboxylic acids is 2. The van der Waals surface area contributed by atoms with E-state index >= 15 is 0 Å². The first-order chi connectivity index (χ1) is 17.0. The van der Waals surface area contributed by atoms with Crippen LogP contribution in [0.5, 0.6) is 0 Å². The molecule has 37 heavy (non-hydrogen) atoms. The molecular formula is C32H43NO4. The molecule has 0 aromatic carbocycles. The lowest BCUT2D eigenvalue weighted by Gasteiger charge is -2.69. The van der Waals surface area contributed by atoms with E-state index in [2.05, 4.69) is 40.7 Å². The predicted octanol–water partition coefficient (Wildman–Crippen LogP) is 6.68. The van der Waals surface area contributed by atoms with Gasteiger partial charge in [-0.2, -0.15) is 5.26 Å². The number of Topliss-reactive ketones (excluding diaryl/α,β-unsaturated/α-hetero) is 1. The minimum absolute atomic E-state index is 0.0279. The van der Waals surface area contributed by atoms with Crippen molar-refractivity contribution in [3.63, 3.8) is 0 Å². The van der Waals surface area contributed by atoms with E-state index in [1.165, 1.54) is 0 Å². The lowest BCUT2D eigenvalue weighted by Crippen LogP contribution is -2.65. The van der Waals surface area contributed by atoms with Gasteiger partial charge < -0.3 is 5.11 Å². The fourth-order valence-corrected chi connectivity index (χ4v) is 10.3. The Kier molecular flexibility index (Phi) is 5.47. The predicted molar refractivity (Wildman–Crippen MR) is 141 cm³/mol. The molecular weight excluding hydrogens is 462 g/mol. The van der Waals surface area contributed by atoms with Crippen LogP contribution < -0.4 is 0 Å². The van der Waals surface area contributed by atoms with Crippen LogP contribution in [0.3, 0.4) is 0 Å². The van der Waals surface area contributed by atoms with Gasteiger partial charge in [0.15, 0.2) is 11.6 Å². The molecule has 0 saturated heterocycles. The molecule has 7 unspecified atom stereocenters. The number of hydrogen-bond acceptors (Lipinski definition) is 4. The summed E-state index contributed by atoms with van der Waals surface area (Å²) in [7, 11) is 0. The van der Waals surface area contributed by atoms with Crippen molar-refractivity contribution in [2.75, 3.05) is 0 Å². The lowest BCUT2D eigenvalue weighted by molar-refractivity contribution is -0.177. The van der Waals surface area contributed by atoms with Crippen LogP contribution in [0.15, 0.2) is 23.3 Å². The van der Waals surface area contributed by atoms with Gasteiger partial charge in [-0.05, 0) is 84.5 Å².